The summed E-state index contributed by atoms with van der Waals surface area (Å²) in [7, 11) is 0. The third-order valence-electron chi connectivity index (χ3n) is 9.65. The van der Waals surface area contributed by atoms with Gasteiger partial charge in [-0.25, -0.2) is 0 Å². The quantitative estimate of drug-likeness (QED) is 0.0369. The Kier molecular flexibility index (Phi) is 35.5. The van der Waals surface area contributed by atoms with Gasteiger partial charge < -0.3 is 14.2 Å². The van der Waals surface area contributed by atoms with E-state index in [-0.39, 0.29) is 31.1 Å². The van der Waals surface area contributed by atoms with Gasteiger partial charge in [-0.2, -0.15) is 0 Å². The average Bonchev–Trinajstić information content (AvgIpc) is 3.08. The molecule has 0 spiro atoms. The maximum Gasteiger partial charge on any atom is 0.306 e. The standard InChI is InChI=1S/C42H80O6/c1-5-8-10-12-13-14-15-16-17-18-19-20-21-26-30-34-41(44)47-37-39(36-46-40(43)33-29-24-11-9-6-2)48-42(45)35-31-27-23-22-25-28-32-38(4)7-3/h38-39H,5-37H2,1-4H3/t38?,39-/m0/s1. The van der Waals surface area contributed by atoms with Gasteiger partial charge >= 0.3 is 17.9 Å². The Bertz CT molecular complexity index is 723. The third kappa shape index (κ3) is 34.3. The number of carbonyl (C=O) groups excluding carboxylic acids is 3. The Morgan fingerprint density at radius 1 is 0.417 bits per heavy atom. The van der Waals surface area contributed by atoms with E-state index >= 15 is 0 Å². The lowest BCUT2D eigenvalue weighted by Gasteiger charge is -2.18. The Balaban J connectivity index is 4.20. The molecular formula is C42H80O6. The van der Waals surface area contributed by atoms with E-state index in [1.165, 1.54) is 116 Å². The van der Waals surface area contributed by atoms with Crippen molar-refractivity contribution in [3.8, 4) is 0 Å². The summed E-state index contributed by atoms with van der Waals surface area (Å²) in [5.41, 5.74) is 0. The zero-order chi connectivity index (χ0) is 35.3. The molecule has 0 aliphatic heterocycles. The highest BCUT2D eigenvalue weighted by Crippen LogP contribution is 2.16. The molecule has 1 unspecified atom stereocenters. The summed E-state index contributed by atoms with van der Waals surface area (Å²) >= 11 is 0. The molecule has 0 aromatic carbocycles. The van der Waals surface area contributed by atoms with Gasteiger partial charge in [0.1, 0.15) is 13.2 Å². The lowest BCUT2D eigenvalue weighted by atomic mass is 10.00. The first-order valence-electron chi connectivity index (χ1n) is 20.9. The van der Waals surface area contributed by atoms with Crippen LogP contribution in [-0.2, 0) is 28.6 Å². The van der Waals surface area contributed by atoms with Crippen LogP contribution in [-0.4, -0.2) is 37.2 Å². The number of ether oxygens (including phenoxy) is 3. The van der Waals surface area contributed by atoms with Crippen LogP contribution in [0.4, 0.5) is 0 Å². The minimum absolute atomic E-state index is 0.0662. The molecule has 0 aromatic heterocycles. The summed E-state index contributed by atoms with van der Waals surface area (Å²) < 4.78 is 16.5. The van der Waals surface area contributed by atoms with Crippen molar-refractivity contribution in [2.75, 3.05) is 13.2 Å². The van der Waals surface area contributed by atoms with Crippen molar-refractivity contribution in [1.29, 1.82) is 0 Å². The van der Waals surface area contributed by atoms with Crippen molar-refractivity contribution in [3.63, 3.8) is 0 Å². The SMILES string of the molecule is CCCCCCCCCCCCCCCCCC(=O)OC[C@H](COC(=O)CCCCCCC)OC(=O)CCCCCCCCC(C)CC. The molecule has 0 aromatic rings. The molecule has 0 heterocycles. The van der Waals surface area contributed by atoms with Crippen LogP contribution in [0.1, 0.15) is 227 Å². The predicted molar refractivity (Wildman–Crippen MR) is 201 cm³/mol. The number of rotatable bonds is 37. The number of carbonyl (C=O) groups is 3. The van der Waals surface area contributed by atoms with Crippen molar-refractivity contribution in [2.45, 2.75) is 233 Å². The van der Waals surface area contributed by atoms with Gasteiger partial charge in [0.05, 0.1) is 0 Å². The van der Waals surface area contributed by atoms with Crippen LogP contribution in [0.3, 0.4) is 0 Å². The van der Waals surface area contributed by atoms with E-state index in [0.717, 1.165) is 70.1 Å². The Morgan fingerprint density at radius 2 is 0.729 bits per heavy atom. The topological polar surface area (TPSA) is 78.9 Å². The van der Waals surface area contributed by atoms with E-state index in [1.807, 2.05) is 0 Å². The summed E-state index contributed by atoms with van der Waals surface area (Å²) in [4.78, 5) is 37.3. The van der Waals surface area contributed by atoms with Crippen LogP contribution < -0.4 is 0 Å². The Hall–Kier alpha value is -1.59. The van der Waals surface area contributed by atoms with Crippen LogP contribution in [0, 0.1) is 5.92 Å². The third-order valence-corrected chi connectivity index (χ3v) is 9.65. The summed E-state index contributed by atoms with van der Waals surface area (Å²) in [5, 5.41) is 0. The summed E-state index contributed by atoms with van der Waals surface area (Å²) in [6.07, 6.45) is 34.0. The fourth-order valence-corrected chi connectivity index (χ4v) is 6.06. The van der Waals surface area contributed by atoms with Gasteiger partial charge in [-0.15, -0.1) is 0 Å². The second kappa shape index (κ2) is 36.7. The van der Waals surface area contributed by atoms with Gasteiger partial charge in [0.2, 0.25) is 0 Å². The second-order valence-electron chi connectivity index (χ2n) is 14.5. The van der Waals surface area contributed by atoms with Gasteiger partial charge in [0, 0.05) is 19.3 Å². The zero-order valence-corrected chi connectivity index (χ0v) is 32.4. The van der Waals surface area contributed by atoms with Crippen LogP contribution in [0.25, 0.3) is 0 Å². The average molecular weight is 681 g/mol. The molecule has 0 rings (SSSR count). The molecule has 0 N–H and O–H groups in total. The molecule has 2 atom stereocenters. The van der Waals surface area contributed by atoms with Crippen molar-refractivity contribution >= 4 is 17.9 Å². The first-order valence-corrected chi connectivity index (χ1v) is 20.9. The minimum Gasteiger partial charge on any atom is -0.462 e. The lowest BCUT2D eigenvalue weighted by molar-refractivity contribution is -0.167. The van der Waals surface area contributed by atoms with Gasteiger partial charge in [0.25, 0.3) is 0 Å². The highest BCUT2D eigenvalue weighted by Gasteiger charge is 2.19. The van der Waals surface area contributed by atoms with E-state index in [1.54, 1.807) is 0 Å². The largest absolute Gasteiger partial charge is 0.462 e. The summed E-state index contributed by atoms with van der Waals surface area (Å²) in [5.74, 6) is -0.0665. The van der Waals surface area contributed by atoms with E-state index in [9.17, 15) is 14.4 Å². The maximum absolute atomic E-state index is 12.6. The van der Waals surface area contributed by atoms with Crippen molar-refractivity contribution < 1.29 is 28.6 Å². The maximum atomic E-state index is 12.6. The number of hydrogen-bond donors (Lipinski definition) is 0. The molecule has 6 heteroatoms. The molecule has 284 valence electrons. The Labute approximate surface area is 298 Å². The molecule has 0 aliphatic carbocycles. The number of unbranched alkanes of at least 4 members (excludes halogenated alkanes) is 23. The monoisotopic (exact) mass is 681 g/mol. The van der Waals surface area contributed by atoms with Crippen LogP contribution in [0.2, 0.25) is 0 Å². The molecule has 0 saturated carbocycles. The van der Waals surface area contributed by atoms with E-state index in [0.29, 0.717) is 19.3 Å². The van der Waals surface area contributed by atoms with Crippen LogP contribution >= 0.6 is 0 Å². The van der Waals surface area contributed by atoms with Gasteiger partial charge in [-0.3, -0.25) is 14.4 Å². The smallest absolute Gasteiger partial charge is 0.306 e. The minimum atomic E-state index is -0.757. The molecule has 0 amide bonds. The van der Waals surface area contributed by atoms with E-state index < -0.39 is 6.10 Å². The summed E-state index contributed by atoms with van der Waals surface area (Å²) in [6.45, 7) is 8.87. The van der Waals surface area contributed by atoms with E-state index in [2.05, 4.69) is 27.7 Å². The molecule has 0 fully saturated rings. The summed E-state index contributed by atoms with van der Waals surface area (Å²) in [6, 6.07) is 0. The molecule has 0 radical (unpaired) electrons. The van der Waals surface area contributed by atoms with Gasteiger partial charge in [0.15, 0.2) is 6.10 Å². The van der Waals surface area contributed by atoms with E-state index in [4.69, 9.17) is 14.2 Å². The molecule has 0 saturated heterocycles. The van der Waals surface area contributed by atoms with Gasteiger partial charge in [-0.1, -0.05) is 188 Å². The molecular weight excluding hydrogens is 600 g/mol. The molecule has 6 nitrogen and oxygen atoms in total. The zero-order valence-electron chi connectivity index (χ0n) is 32.4. The fraction of sp³-hybridized carbons (Fsp3) is 0.929. The lowest BCUT2D eigenvalue weighted by Crippen LogP contribution is -2.30. The first kappa shape index (κ1) is 46.4. The Morgan fingerprint density at radius 3 is 1.08 bits per heavy atom. The fourth-order valence-electron chi connectivity index (χ4n) is 6.06. The molecule has 0 bridgehead atoms. The predicted octanol–water partition coefficient (Wildman–Crippen LogP) is 12.8. The van der Waals surface area contributed by atoms with Crippen molar-refractivity contribution in [3.05, 3.63) is 0 Å². The van der Waals surface area contributed by atoms with Crippen LogP contribution in [0.5, 0.6) is 0 Å². The van der Waals surface area contributed by atoms with Crippen molar-refractivity contribution in [1.82, 2.24) is 0 Å². The molecule has 48 heavy (non-hydrogen) atoms. The second-order valence-corrected chi connectivity index (χ2v) is 14.5. The van der Waals surface area contributed by atoms with Crippen LogP contribution in [0.15, 0.2) is 0 Å². The van der Waals surface area contributed by atoms with Crippen molar-refractivity contribution in [2.24, 2.45) is 5.92 Å². The number of esters is 3. The highest BCUT2D eigenvalue weighted by molar-refractivity contribution is 5.71. The normalized spacial score (nSPS) is 12.5. The molecule has 0 aliphatic rings. The number of hydrogen-bond acceptors (Lipinski definition) is 6. The van der Waals surface area contributed by atoms with Gasteiger partial charge in [-0.05, 0) is 25.2 Å². The first-order chi connectivity index (χ1) is 23.4. The highest BCUT2D eigenvalue weighted by atomic mass is 16.6.